The van der Waals surface area contributed by atoms with Crippen LogP contribution in [0.4, 0.5) is 0 Å². The standard InChI is InChI=1S/C86H168O17P2/c1-6-9-12-15-18-21-24-27-29-31-33-34-35-37-39-41-46-51-56-61-66-71-85(90)102-81(76-97-84(89)70-65-60-55-50-45-40-38-36-32-30-28-25-22-19-16-13-10-7-2)77-100-104(92,93)98-73-80(87)74-99-105(94,95)101-78-82(75-96-83(88)69-64-59-54-49-44-26-23-20-17-14-11-8-3)103-86(91)72-67-62-57-52-47-42-43-48-53-58-63-68-79(4)5/h79-82,87H,6-78H2,1-5H3,(H,92,93)(H,94,95)/t80-,81-,82-/m1/s1. The van der Waals surface area contributed by atoms with E-state index < -0.39 is 97.5 Å². The minimum Gasteiger partial charge on any atom is -0.462 e. The van der Waals surface area contributed by atoms with Crippen molar-refractivity contribution in [3.63, 3.8) is 0 Å². The highest BCUT2D eigenvalue weighted by molar-refractivity contribution is 7.47. The smallest absolute Gasteiger partial charge is 0.462 e. The number of rotatable bonds is 86. The maximum atomic E-state index is 13.1. The van der Waals surface area contributed by atoms with Crippen LogP contribution in [0, 0.1) is 5.92 Å². The summed E-state index contributed by atoms with van der Waals surface area (Å²) in [5.41, 5.74) is 0. The van der Waals surface area contributed by atoms with Crippen molar-refractivity contribution >= 4 is 39.5 Å². The molecule has 0 aliphatic carbocycles. The first kappa shape index (κ1) is 103. The van der Waals surface area contributed by atoms with Gasteiger partial charge in [0, 0.05) is 25.7 Å². The van der Waals surface area contributed by atoms with Crippen LogP contribution in [-0.2, 0) is 65.4 Å². The van der Waals surface area contributed by atoms with Crippen LogP contribution in [0.25, 0.3) is 0 Å². The fraction of sp³-hybridized carbons (Fsp3) is 0.953. The predicted octanol–water partition coefficient (Wildman–Crippen LogP) is 26.4. The topological polar surface area (TPSA) is 237 Å². The molecule has 0 aliphatic rings. The first-order valence-corrected chi connectivity index (χ1v) is 47.6. The molecule has 0 aromatic rings. The number of ether oxygens (including phenoxy) is 4. The third-order valence-electron chi connectivity index (χ3n) is 20.3. The first-order chi connectivity index (χ1) is 51.0. The lowest BCUT2D eigenvalue weighted by Gasteiger charge is -2.21. The summed E-state index contributed by atoms with van der Waals surface area (Å²) in [6.45, 7) is 7.36. The summed E-state index contributed by atoms with van der Waals surface area (Å²) in [4.78, 5) is 73.2. The Morgan fingerprint density at radius 3 is 0.648 bits per heavy atom. The van der Waals surface area contributed by atoms with Gasteiger partial charge >= 0.3 is 39.5 Å². The molecule has 17 nitrogen and oxygen atoms in total. The van der Waals surface area contributed by atoms with Crippen molar-refractivity contribution in [2.75, 3.05) is 39.6 Å². The second kappa shape index (κ2) is 78.7. The van der Waals surface area contributed by atoms with E-state index in [1.165, 1.54) is 289 Å². The number of phosphoric ester groups is 2. The van der Waals surface area contributed by atoms with Gasteiger partial charge in [0.25, 0.3) is 0 Å². The Morgan fingerprint density at radius 1 is 0.257 bits per heavy atom. The molecule has 0 bridgehead atoms. The maximum Gasteiger partial charge on any atom is 0.472 e. The molecule has 0 radical (unpaired) electrons. The Labute approximate surface area is 645 Å². The zero-order chi connectivity index (χ0) is 76.9. The van der Waals surface area contributed by atoms with Crippen LogP contribution < -0.4 is 0 Å². The molecule has 0 saturated carbocycles. The summed E-state index contributed by atoms with van der Waals surface area (Å²) < 4.78 is 68.9. The van der Waals surface area contributed by atoms with E-state index in [4.69, 9.17) is 37.0 Å². The van der Waals surface area contributed by atoms with E-state index in [1.807, 2.05) is 0 Å². The molecule has 0 fully saturated rings. The molecule has 19 heteroatoms. The average molecular weight is 1540 g/mol. The molecule has 0 aliphatic heterocycles. The van der Waals surface area contributed by atoms with E-state index in [0.29, 0.717) is 25.7 Å². The highest BCUT2D eigenvalue weighted by atomic mass is 31.2. The highest BCUT2D eigenvalue weighted by Crippen LogP contribution is 2.45. The van der Waals surface area contributed by atoms with Crippen molar-refractivity contribution in [1.82, 2.24) is 0 Å². The fourth-order valence-electron chi connectivity index (χ4n) is 13.5. The summed E-state index contributed by atoms with van der Waals surface area (Å²) in [5, 5.41) is 10.7. The third kappa shape index (κ3) is 79.9. The summed E-state index contributed by atoms with van der Waals surface area (Å²) in [5.74, 6) is -1.33. The molecule has 0 aromatic carbocycles. The molecule has 105 heavy (non-hydrogen) atoms. The predicted molar refractivity (Wildman–Crippen MR) is 432 cm³/mol. The van der Waals surface area contributed by atoms with Crippen LogP contribution in [0.15, 0.2) is 0 Å². The van der Waals surface area contributed by atoms with Gasteiger partial charge in [0.2, 0.25) is 0 Å². The largest absolute Gasteiger partial charge is 0.472 e. The molecule has 5 atom stereocenters. The molecule has 0 aromatic heterocycles. The fourth-order valence-corrected chi connectivity index (χ4v) is 15.1. The van der Waals surface area contributed by atoms with E-state index in [2.05, 4.69) is 34.6 Å². The maximum absolute atomic E-state index is 13.1. The number of hydrogen-bond donors (Lipinski definition) is 3. The van der Waals surface area contributed by atoms with Crippen molar-refractivity contribution in [3.05, 3.63) is 0 Å². The lowest BCUT2D eigenvalue weighted by atomic mass is 10.0. The van der Waals surface area contributed by atoms with Crippen LogP contribution in [0.5, 0.6) is 0 Å². The molecule has 2 unspecified atom stereocenters. The number of phosphoric acid groups is 2. The molecule has 3 N–H and O–H groups in total. The third-order valence-corrected chi connectivity index (χ3v) is 22.2. The minimum atomic E-state index is -4.97. The molecule has 0 rings (SSSR count). The summed E-state index contributed by atoms with van der Waals surface area (Å²) >= 11 is 0. The van der Waals surface area contributed by atoms with Gasteiger partial charge in [-0.05, 0) is 31.6 Å². The average Bonchev–Trinajstić information content (AvgIpc) is 0.906. The number of esters is 4. The van der Waals surface area contributed by atoms with Gasteiger partial charge in [-0.2, -0.15) is 0 Å². The molecule has 0 heterocycles. The van der Waals surface area contributed by atoms with Gasteiger partial charge in [0.1, 0.15) is 19.3 Å². The molecule has 0 saturated heterocycles. The van der Waals surface area contributed by atoms with Gasteiger partial charge in [0.05, 0.1) is 26.4 Å². The number of aliphatic hydroxyl groups is 1. The van der Waals surface area contributed by atoms with Gasteiger partial charge in [0.15, 0.2) is 12.2 Å². The van der Waals surface area contributed by atoms with E-state index in [1.54, 1.807) is 0 Å². The van der Waals surface area contributed by atoms with Crippen LogP contribution >= 0.6 is 15.6 Å². The van der Waals surface area contributed by atoms with E-state index in [-0.39, 0.29) is 25.7 Å². The summed E-state index contributed by atoms with van der Waals surface area (Å²) in [7, 11) is -9.93. The number of carbonyl (C=O) groups is 4. The van der Waals surface area contributed by atoms with Gasteiger partial charge in [-0.25, -0.2) is 9.13 Å². The highest BCUT2D eigenvalue weighted by Gasteiger charge is 2.30. The zero-order valence-corrected chi connectivity index (χ0v) is 70.7. The number of carbonyl (C=O) groups excluding carboxylic acids is 4. The van der Waals surface area contributed by atoms with Crippen LogP contribution in [-0.4, -0.2) is 96.7 Å². The second-order valence-corrected chi connectivity index (χ2v) is 34.3. The van der Waals surface area contributed by atoms with E-state index in [0.717, 1.165) is 95.8 Å². The van der Waals surface area contributed by atoms with Gasteiger partial charge in [-0.15, -0.1) is 0 Å². The van der Waals surface area contributed by atoms with Crippen molar-refractivity contribution in [3.8, 4) is 0 Å². The van der Waals surface area contributed by atoms with Crippen LogP contribution in [0.2, 0.25) is 0 Å². The van der Waals surface area contributed by atoms with Crippen molar-refractivity contribution in [2.45, 2.75) is 483 Å². The monoisotopic (exact) mass is 1540 g/mol. The number of aliphatic hydroxyl groups excluding tert-OH is 1. The number of hydrogen-bond acceptors (Lipinski definition) is 15. The number of unbranched alkanes of at least 4 members (excludes halogenated alkanes) is 58. The molecule has 624 valence electrons. The van der Waals surface area contributed by atoms with Crippen molar-refractivity contribution in [1.29, 1.82) is 0 Å². The SMILES string of the molecule is CCCCCCCCCCCCCCCCCCCCCCCC(=O)O[C@H](COC(=O)CCCCCCCCCCCCCCCCCCCC)COP(=O)(O)OC[C@@H](O)COP(=O)(O)OC[C@@H](COC(=O)CCCCCCCCCCCCCC)OC(=O)CCCCCCCCCCCCCC(C)C. The van der Waals surface area contributed by atoms with E-state index >= 15 is 0 Å². The Kier molecular flexibility index (Phi) is 77.3. The normalized spacial score (nSPS) is 13.8. The summed E-state index contributed by atoms with van der Waals surface area (Å²) in [6, 6.07) is 0. The lowest BCUT2D eigenvalue weighted by molar-refractivity contribution is -0.161. The Bertz CT molecular complexity index is 2000. The minimum absolute atomic E-state index is 0.107. The molecular formula is C86H168O17P2. The lowest BCUT2D eigenvalue weighted by Crippen LogP contribution is -2.30. The molecule has 0 amide bonds. The zero-order valence-electron chi connectivity index (χ0n) is 68.9. The Hall–Kier alpha value is -1.94. The van der Waals surface area contributed by atoms with Crippen LogP contribution in [0.3, 0.4) is 0 Å². The Morgan fingerprint density at radius 2 is 0.438 bits per heavy atom. The first-order valence-electron chi connectivity index (χ1n) is 44.6. The molecular weight excluding hydrogens is 1370 g/mol. The van der Waals surface area contributed by atoms with Gasteiger partial charge in [-0.1, -0.05) is 413 Å². The van der Waals surface area contributed by atoms with Gasteiger partial charge in [-0.3, -0.25) is 37.3 Å². The van der Waals surface area contributed by atoms with Crippen molar-refractivity contribution < 1.29 is 80.2 Å². The second-order valence-electron chi connectivity index (χ2n) is 31.4. The Balaban J connectivity index is 5.24. The molecule has 0 spiro atoms. The summed E-state index contributed by atoms with van der Waals surface area (Å²) in [6.07, 6.45) is 72.2. The van der Waals surface area contributed by atoms with Crippen molar-refractivity contribution in [2.24, 2.45) is 5.92 Å². The van der Waals surface area contributed by atoms with E-state index in [9.17, 15) is 43.2 Å². The van der Waals surface area contributed by atoms with Crippen LogP contribution in [0.1, 0.15) is 465 Å². The quantitative estimate of drug-likeness (QED) is 0.0222. The van der Waals surface area contributed by atoms with Gasteiger partial charge < -0.3 is 33.8 Å².